The number of rotatable bonds is 36. The van der Waals surface area contributed by atoms with Crippen molar-refractivity contribution in [2.45, 2.75) is 202 Å². The zero-order valence-electron chi connectivity index (χ0n) is 48.8. The molecule has 0 fully saturated rings. The minimum absolute atomic E-state index is 0.112. The molecule has 0 bridgehead atoms. The average Bonchev–Trinajstić information content (AvgIpc) is 3.31. The van der Waals surface area contributed by atoms with Crippen LogP contribution in [0, 0.1) is 10.8 Å². The summed E-state index contributed by atoms with van der Waals surface area (Å²) in [4.78, 5) is 25.1. The summed E-state index contributed by atoms with van der Waals surface area (Å²) in [5.74, 6) is 0.422. The molecule has 0 radical (unpaired) electrons. The van der Waals surface area contributed by atoms with Crippen molar-refractivity contribution in [2.75, 3.05) is 46.2 Å². The Balaban J connectivity index is 1.33. The highest BCUT2D eigenvalue weighted by Crippen LogP contribution is 2.43. The molecule has 414 valence electrons. The van der Waals surface area contributed by atoms with Crippen molar-refractivity contribution >= 4 is 11.9 Å². The van der Waals surface area contributed by atoms with Gasteiger partial charge in [-0.3, -0.25) is 0 Å². The maximum Gasteiger partial charge on any atom is 0.333 e. The number of unbranched alkanes of at least 4 members (excludes halogenated alkanes) is 2. The van der Waals surface area contributed by atoms with E-state index >= 15 is 0 Å². The Hall–Kier alpha value is -4.48. The fraction of sp³-hybridized carbons (Fsp3) is 0.625. The van der Waals surface area contributed by atoms with Crippen LogP contribution in [0.2, 0.25) is 0 Å². The van der Waals surface area contributed by atoms with Crippen LogP contribution in [0.3, 0.4) is 0 Å². The zero-order chi connectivity index (χ0) is 55.4. The van der Waals surface area contributed by atoms with Gasteiger partial charge in [-0.25, -0.2) is 9.59 Å². The van der Waals surface area contributed by atoms with Gasteiger partial charge in [-0.15, -0.1) is 0 Å². The number of hydrogen-bond donors (Lipinski definition) is 0. The van der Waals surface area contributed by atoms with Gasteiger partial charge in [0, 0.05) is 61.7 Å². The van der Waals surface area contributed by atoms with E-state index in [1.807, 2.05) is 88.4 Å². The van der Waals surface area contributed by atoms with Crippen LogP contribution in [-0.4, -0.2) is 86.2 Å². The van der Waals surface area contributed by atoms with Crippen LogP contribution < -0.4 is 9.47 Å². The molecule has 0 aromatic heterocycles. The molecule has 0 spiro atoms. The van der Waals surface area contributed by atoms with Gasteiger partial charge in [0.15, 0.2) is 0 Å². The monoisotopic (exact) mass is 1030 g/mol. The van der Waals surface area contributed by atoms with Crippen molar-refractivity contribution < 1.29 is 47.5 Å². The van der Waals surface area contributed by atoms with E-state index in [0.717, 1.165) is 74.0 Å². The van der Waals surface area contributed by atoms with Crippen molar-refractivity contribution in [2.24, 2.45) is 10.8 Å². The van der Waals surface area contributed by atoms with Gasteiger partial charge in [0.2, 0.25) is 0 Å². The first-order valence-corrected chi connectivity index (χ1v) is 27.1. The van der Waals surface area contributed by atoms with Gasteiger partial charge in [0.1, 0.15) is 22.7 Å². The minimum Gasteiger partial charge on any atom is -0.493 e. The fourth-order valence-electron chi connectivity index (χ4n) is 8.52. The SMILES string of the molecule is C=C(C)C(=O)OC(C)(C)C(COC(C)(C)C(C)(C)CCCCOCCCOc1cccc(OCCC(C)(C)OCCCCC(C)(C)C(C)(C)OCC(c2ccccc2)C(C)(C)OC(=O)C(=C)C)c1)c1ccccc1. The van der Waals surface area contributed by atoms with Crippen LogP contribution in [0.4, 0.5) is 0 Å². The van der Waals surface area contributed by atoms with Gasteiger partial charge >= 0.3 is 11.9 Å². The van der Waals surface area contributed by atoms with E-state index in [9.17, 15) is 9.59 Å². The molecule has 0 aliphatic heterocycles. The van der Waals surface area contributed by atoms with Gasteiger partial charge in [0.25, 0.3) is 0 Å². The Morgan fingerprint density at radius 1 is 0.459 bits per heavy atom. The van der Waals surface area contributed by atoms with Crippen LogP contribution in [0.1, 0.15) is 185 Å². The Morgan fingerprint density at radius 3 is 1.30 bits per heavy atom. The molecule has 0 N–H and O–H groups in total. The second kappa shape index (κ2) is 28.6. The van der Waals surface area contributed by atoms with Crippen LogP contribution in [0.15, 0.2) is 109 Å². The normalized spacial score (nSPS) is 13.7. The lowest BCUT2D eigenvalue weighted by Crippen LogP contribution is -2.45. The number of carbonyl (C=O) groups excluding carboxylic acids is 2. The molecule has 10 nitrogen and oxygen atoms in total. The van der Waals surface area contributed by atoms with Gasteiger partial charge in [-0.05, 0) is 143 Å². The summed E-state index contributed by atoms with van der Waals surface area (Å²) >= 11 is 0. The molecule has 3 aromatic carbocycles. The lowest BCUT2D eigenvalue weighted by atomic mass is 9.73. The Labute approximate surface area is 448 Å². The predicted molar refractivity (Wildman–Crippen MR) is 301 cm³/mol. The smallest absolute Gasteiger partial charge is 0.333 e. The van der Waals surface area contributed by atoms with Crippen molar-refractivity contribution in [3.05, 3.63) is 120 Å². The van der Waals surface area contributed by atoms with E-state index in [0.29, 0.717) is 57.4 Å². The van der Waals surface area contributed by atoms with E-state index in [4.69, 9.17) is 37.9 Å². The first-order chi connectivity index (χ1) is 34.4. The third-order valence-corrected chi connectivity index (χ3v) is 15.5. The quantitative estimate of drug-likeness (QED) is 0.0317. The van der Waals surface area contributed by atoms with E-state index in [2.05, 4.69) is 107 Å². The fourth-order valence-corrected chi connectivity index (χ4v) is 8.52. The zero-order valence-corrected chi connectivity index (χ0v) is 48.8. The second-order valence-electron chi connectivity index (χ2n) is 24.3. The predicted octanol–water partition coefficient (Wildman–Crippen LogP) is 15.4. The molecular formula is C64H98O10. The number of esters is 2. The first kappa shape index (κ1) is 63.8. The maximum absolute atomic E-state index is 12.6. The highest BCUT2D eigenvalue weighted by molar-refractivity contribution is 5.87. The topological polar surface area (TPSA) is 108 Å². The van der Waals surface area contributed by atoms with Gasteiger partial charge in [-0.1, -0.05) is 120 Å². The van der Waals surface area contributed by atoms with E-state index < -0.39 is 34.3 Å². The standard InChI is InChI=1S/C64H98O10/c1-48(2)56(65)73-61(11,12)54(50-31-21-19-22-32-50)46-71-63(15,16)58(5,6)37-25-27-40-67-41-30-42-68-52-35-29-36-53(45-52)69-44-39-60(9,10)70-43-28-26-38-59(7,8)64(17,18)72-47-55(51-33-23-20-24-34-51)62(13,14)74-57(66)49(3)4/h19-24,29,31-36,45,54-55H,1,3,25-28,30,37-44,46-47H2,2,4-18H3. The van der Waals surface area contributed by atoms with Gasteiger partial charge in [-0.2, -0.15) is 0 Å². The van der Waals surface area contributed by atoms with Crippen molar-refractivity contribution in [3.8, 4) is 11.5 Å². The third kappa shape index (κ3) is 20.9. The molecule has 0 aliphatic carbocycles. The van der Waals surface area contributed by atoms with Crippen molar-refractivity contribution in [1.29, 1.82) is 0 Å². The summed E-state index contributed by atoms with van der Waals surface area (Å²) in [6.45, 7) is 44.5. The van der Waals surface area contributed by atoms with Crippen LogP contribution in [0.5, 0.6) is 11.5 Å². The third-order valence-electron chi connectivity index (χ3n) is 15.5. The van der Waals surface area contributed by atoms with Crippen LogP contribution >= 0.6 is 0 Å². The highest BCUT2D eigenvalue weighted by Gasteiger charge is 2.43. The van der Waals surface area contributed by atoms with Crippen LogP contribution in [0.25, 0.3) is 0 Å². The number of hydrogen-bond acceptors (Lipinski definition) is 10. The lowest BCUT2D eigenvalue weighted by Gasteiger charge is -2.44. The Morgan fingerprint density at radius 2 is 0.865 bits per heavy atom. The molecule has 10 heteroatoms. The Bertz CT molecular complexity index is 2170. The summed E-state index contributed by atoms with van der Waals surface area (Å²) < 4.78 is 50.0. The molecule has 0 amide bonds. The van der Waals surface area contributed by atoms with E-state index in [1.165, 1.54) is 0 Å². The van der Waals surface area contributed by atoms with Crippen molar-refractivity contribution in [1.82, 2.24) is 0 Å². The van der Waals surface area contributed by atoms with E-state index in [1.54, 1.807) is 13.8 Å². The van der Waals surface area contributed by atoms with Gasteiger partial charge < -0.3 is 37.9 Å². The molecule has 0 heterocycles. The summed E-state index contributed by atoms with van der Waals surface area (Å²) in [7, 11) is 0. The lowest BCUT2D eigenvalue weighted by molar-refractivity contribution is -0.161. The summed E-state index contributed by atoms with van der Waals surface area (Å²) in [6, 6.07) is 28.1. The molecule has 0 aliphatic rings. The molecule has 3 aromatic rings. The first-order valence-electron chi connectivity index (χ1n) is 27.1. The maximum atomic E-state index is 12.6. The number of benzene rings is 3. The highest BCUT2D eigenvalue weighted by atomic mass is 16.6. The molecule has 74 heavy (non-hydrogen) atoms. The molecule has 0 saturated heterocycles. The number of carbonyl (C=O) groups is 2. The number of ether oxygens (including phenoxy) is 8. The summed E-state index contributed by atoms with van der Waals surface area (Å²) in [5.41, 5.74) is -0.176. The minimum atomic E-state index is -0.803. The summed E-state index contributed by atoms with van der Waals surface area (Å²) in [6.07, 6.45) is 7.39. The van der Waals surface area contributed by atoms with Gasteiger partial charge in [0.05, 0.1) is 43.2 Å². The van der Waals surface area contributed by atoms with Crippen molar-refractivity contribution in [3.63, 3.8) is 0 Å². The largest absolute Gasteiger partial charge is 0.493 e. The van der Waals surface area contributed by atoms with Crippen LogP contribution in [-0.2, 0) is 38.0 Å². The molecule has 0 saturated carbocycles. The van der Waals surface area contributed by atoms with E-state index in [-0.39, 0.29) is 28.3 Å². The summed E-state index contributed by atoms with van der Waals surface area (Å²) in [5, 5.41) is 0. The molecule has 3 rings (SSSR count). The Kier molecular flexibility index (Phi) is 24.7. The molecule has 2 atom stereocenters. The molecular weight excluding hydrogens is 929 g/mol. The molecule has 2 unspecified atom stereocenters. The average molecular weight is 1030 g/mol. The second-order valence-corrected chi connectivity index (χ2v) is 24.3.